The number of para-hydroxylation sites is 1. The van der Waals surface area contributed by atoms with E-state index in [1.807, 2.05) is 51.1 Å². The Morgan fingerprint density at radius 3 is 2.48 bits per heavy atom. The molecule has 4 heteroatoms. The quantitative estimate of drug-likeness (QED) is 0.651. The van der Waals surface area contributed by atoms with E-state index >= 15 is 0 Å². The van der Waals surface area contributed by atoms with Gasteiger partial charge in [0.1, 0.15) is 0 Å². The number of anilines is 1. The lowest BCUT2D eigenvalue weighted by molar-refractivity contribution is -0.115. The summed E-state index contributed by atoms with van der Waals surface area (Å²) in [5, 5.41) is 3.97. The van der Waals surface area contributed by atoms with Crippen LogP contribution < -0.4 is 5.32 Å². The number of hydrogen-bond donors (Lipinski definition) is 1. The van der Waals surface area contributed by atoms with Gasteiger partial charge in [0.2, 0.25) is 5.91 Å². The first kappa shape index (κ1) is 17.5. The van der Waals surface area contributed by atoms with Crippen molar-refractivity contribution in [2.45, 2.75) is 37.8 Å². The summed E-state index contributed by atoms with van der Waals surface area (Å²) >= 11 is 1.54. The zero-order valence-corrected chi connectivity index (χ0v) is 15.8. The predicted octanol–water partition coefficient (Wildman–Crippen LogP) is 5.28. The van der Waals surface area contributed by atoms with Crippen molar-refractivity contribution in [1.29, 1.82) is 0 Å². The molecule has 3 nitrogen and oxygen atoms in total. The van der Waals surface area contributed by atoms with Gasteiger partial charge in [0, 0.05) is 22.2 Å². The molecule has 0 saturated heterocycles. The lowest BCUT2D eigenvalue weighted by Gasteiger charge is -2.16. The number of fused-ring (bicyclic) bond motifs is 1. The summed E-state index contributed by atoms with van der Waals surface area (Å²) in [6.45, 7) is 8.06. The van der Waals surface area contributed by atoms with Crippen LogP contribution in [0.1, 0.15) is 23.6 Å². The Morgan fingerprint density at radius 1 is 1.08 bits per heavy atom. The normalized spacial score (nSPS) is 12.2. The number of rotatable bonds is 4. The molecule has 0 radical (unpaired) electrons. The molecule has 0 aliphatic carbocycles. The van der Waals surface area contributed by atoms with Crippen LogP contribution in [0.2, 0.25) is 0 Å². The number of carbonyl (C=O) groups is 1. The van der Waals surface area contributed by atoms with Crippen molar-refractivity contribution < 1.29 is 4.79 Å². The van der Waals surface area contributed by atoms with Crippen molar-refractivity contribution in [3.8, 4) is 0 Å². The molecule has 3 aromatic rings. The Labute approximate surface area is 152 Å². The number of pyridine rings is 1. The van der Waals surface area contributed by atoms with Crippen LogP contribution >= 0.6 is 11.8 Å². The lowest BCUT2D eigenvalue weighted by atomic mass is 10.1. The summed E-state index contributed by atoms with van der Waals surface area (Å²) in [5.41, 5.74) is 5.25. The molecule has 0 spiro atoms. The monoisotopic (exact) mass is 350 g/mol. The molecule has 2 aromatic carbocycles. The maximum absolute atomic E-state index is 12.7. The SMILES string of the molecule is Cc1cc(C)c(NC(=O)[C@H](C)Sc2cccc3cccnc23)c(C)c1. The highest BCUT2D eigenvalue weighted by Gasteiger charge is 2.18. The van der Waals surface area contributed by atoms with Gasteiger partial charge in [0.25, 0.3) is 0 Å². The molecule has 0 fully saturated rings. The van der Waals surface area contributed by atoms with E-state index in [9.17, 15) is 4.79 Å². The fraction of sp³-hybridized carbons (Fsp3) is 0.238. The van der Waals surface area contributed by atoms with Crippen LogP contribution in [0, 0.1) is 20.8 Å². The van der Waals surface area contributed by atoms with Crippen LogP contribution in [0.25, 0.3) is 10.9 Å². The van der Waals surface area contributed by atoms with E-state index < -0.39 is 0 Å². The van der Waals surface area contributed by atoms with Gasteiger partial charge in [-0.05, 0) is 51.0 Å². The zero-order chi connectivity index (χ0) is 18.0. The molecular formula is C21H22N2OS. The molecule has 1 amide bonds. The Bertz CT molecular complexity index is 908. The van der Waals surface area contributed by atoms with Crippen LogP contribution in [0.4, 0.5) is 5.69 Å². The summed E-state index contributed by atoms with van der Waals surface area (Å²) in [6.07, 6.45) is 1.79. The average molecular weight is 350 g/mol. The minimum absolute atomic E-state index is 0.00740. The van der Waals surface area contributed by atoms with E-state index in [1.165, 1.54) is 5.56 Å². The van der Waals surface area contributed by atoms with E-state index in [-0.39, 0.29) is 11.2 Å². The van der Waals surface area contributed by atoms with E-state index in [0.29, 0.717) is 0 Å². The van der Waals surface area contributed by atoms with Gasteiger partial charge in [0.05, 0.1) is 10.8 Å². The third-order valence-corrected chi connectivity index (χ3v) is 5.34. The fourth-order valence-corrected chi connectivity index (χ4v) is 4.00. The molecule has 0 aliphatic rings. The number of aromatic nitrogens is 1. The van der Waals surface area contributed by atoms with E-state index in [0.717, 1.165) is 32.6 Å². The van der Waals surface area contributed by atoms with Crippen molar-refractivity contribution in [1.82, 2.24) is 4.98 Å². The van der Waals surface area contributed by atoms with Crippen molar-refractivity contribution in [2.24, 2.45) is 0 Å². The standard InChI is InChI=1S/C21H22N2OS/c1-13-11-14(2)19(15(3)12-13)23-21(24)16(4)25-18-9-5-7-17-8-6-10-22-20(17)18/h5-12,16H,1-4H3,(H,23,24)/t16-/m0/s1. The third-order valence-electron chi connectivity index (χ3n) is 4.19. The Kier molecular flexibility index (Phi) is 5.09. The van der Waals surface area contributed by atoms with Gasteiger partial charge in [-0.25, -0.2) is 0 Å². The average Bonchev–Trinajstić information content (AvgIpc) is 2.58. The van der Waals surface area contributed by atoms with Crippen molar-refractivity contribution in [2.75, 3.05) is 5.32 Å². The molecule has 128 valence electrons. The molecular weight excluding hydrogens is 328 g/mol. The lowest BCUT2D eigenvalue weighted by Crippen LogP contribution is -2.23. The minimum Gasteiger partial charge on any atom is -0.325 e. The highest BCUT2D eigenvalue weighted by Crippen LogP contribution is 2.30. The van der Waals surface area contributed by atoms with Gasteiger partial charge in [-0.2, -0.15) is 0 Å². The second kappa shape index (κ2) is 7.28. The molecule has 0 saturated carbocycles. The summed E-state index contributed by atoms with van der Waals surface area (Å²) in [5.74, 6) is 0.00740. The summed E-state index contributed by atoms with van der Waals surface area (Å²) < 4.78 is 0. The van der Waals surface area contributed by atoms with Crippen LogP contribution in [-0.4, -0.2) is 16.1 Å². The van der Waals surface area contributed by atoms with Crippen molar-refractivity contribution in [3.05, 3.63) is 65.4 Å². The number of hydrogen-bond acceptors (Lipinski definition) is 3. The zero-order valence-electron chi connectivity index (χ0n) is 15.0. The first-order valence-electron chi connectivity index (χ1n) is 8.35. The number of aryl methyl sites for hydroxylation is 3. The fourth-order valence-electron chi connectivity index (χ4n) is 3.02. The van der Waals surface area contributed by atoms with Gasteiger partial charge in [-0.15, -0.1) is 11.8 Å². The Hall–Kier alpha value is -2.33. The largest absolute Gasteiger partial charge is 0.325 e. The Morgan fingerprint density at radius 2 is 1.76 bits per heavy atom. The number of amides is 1. The molecule has 3 rings (SSSR count). The van der Waals surface area contributed by atoms with Crippen molar-refractivity contribution >= 4 is 34.3 Å². The second-order valence-corrected chi connectivity index (χ2v) is 7.74. The van der Waals surface area contributed by atoms with Gasteiger partial charge in [-0.3, -0.25) is 9.78 Å². The molecule has 1 heterocycles. The maximum atomic E-state index is 12.7. The van der Waals surface area contributed by atoms with Crippen LogP contribution in [0.15, 0.2) is 53.6 Å². The highest BCUT2D eigenvalue weighted by atomic mass is 32.2. The number of nitrogens with zero attached hydrogens (tertiary/aromatic N) is 1. The van der Waals surface area contributed by atoms with Crippen LogP contribution in [-0.2, 0) is 4.79 Å². The van der Waals surface area contributed by atoms with Crippen LogP contribution in [0.3, 0.4) is 0 Å². The molecule has 0 bridgehead atoms. The molecule has 1 N–H and O–H groups in total. The van der Waals surface area contributed by atoms with E-state index in [1.54, 1.807) is 18.0 Å². The molecule has 0 unspecified atom stereocenters. The molecule has 1 aromatic heterocycles. The number of nitrogens with one attached hydrogen (secondary N) is 1. The molecule has 25 heavy (non-hydrogen) atoms. The maximum Gasteiger partial charge on any atom is 0.237 e. The smallest absolute Gasteiger partial charge is 0.237 e. The summed E-state index contributed by atoms with van der Waals surface area (Å²) in [4.78, 5) is 18.2. The minimum atomic E-state index is -0.215. The third kappa shape index (κ3) is 3.85. The highest BCUT2D eigenvalue weighted by molar-refractivity contribution is 8.00. The van der Waals surface area contributed by atoms with Gasteiger partial charge in [0.15, 0.2) is 0 Å². The number of benzene rings is 2. The van der Waals surface area contributed by atoms with Gasteiger partial charge < -0.3 is 5.32 Å². The Balaban J connectivity index is 1.79. The topological polar surface area (TPSA) is 42.0 Å². The predicted molar refractivity (Wildman–Crippen MR) is 106 cm³/mol. The number of thioether (sulfide) groups is 1. The van der Waals surface area contributed by atoms with Crippen LogP contribution in [0.5, 0.6) is 0 Å². The van der Waals surface area contributed by atoms with Gasteiger partial charge >= 0.3 is 0 Å². The summed E-state index contributed by atoms with van der Waals surface area (Å²) in [6, 6.07) is 14.2. The molecule has 0 aliphatic heterocycles. The summed E-state index contributed by atoms with van der Waals surface area (Å²) in [7, 11) is 0. The van der Waals surface area contributed by atoms with E-state index in [2.05, 4.69) is 29.4 Å². The first-order valence-corrected chi connectivity index (χ1v) is 9.23. The molecule has 1 atom stereocenters. The van der Waals surface area contributed by atoms with Crippen molar-refractivity contribution in [3.63, 3.8) is 0 Å². The van der Waals surface area contributed by atoms with E-state index in [4.69, 9.17) is 0 Å². The first-order chi connectivity index (χ1) is 12.0. The second-order valence-electron chi connectivity index (χ2n) is 6.35. The number of carbonyl (C=O) groups excluding carboxylic acids is 1. The van der Waals surface area contributed by atoms with Gasteiger partial charge in [-0.1, -0.05) is 35.9 Å².